The van der Waals surface area contributed by atoms with E-state index in [4.69, 9.17) is 4.98 Å². The predicted octanol–water partition coefficient (Wildman–Crippen LogP) is 2.89. The summed E-state index contributed by atoms with van der Waals surface area (Å²) in [6.07, 6.45) is 2.40. The molecule has 5 heteroatoms. The molecule has 0 amide bonds. The Bertz CT molecular complexity index is 808. The van der Waals surface area contributed by atoms with Crippen molar-refractivity contribution in [3.05, 3.63) is 35.4 Å². The second kappa shape index (κ2) is 8.36. The third kappa shape index (κ3) is 3.88. The summed E-state index contributed by atoms with van der Waals surface area (Å²) in [5, 5.41) is 11.0. The van der Waals surface area contributed by atoms with Gasteiger partial charge in [0.15, 0.2) is 0 Å². The smallest absolute Gasteiger partial charge is 0.134 e. The van der Waals surface area contributed by atoms with Crippen LogP contribution in [0.5, 0.6) is 0 Å². The maximum Gasteiger partial charge on any atom is 0.134 e. The van der Waals surface area contributed by atoms with Crippen molar-refractivity contribution in [2.75, 3.05) is 51.2 Å². The quantitative estimate of drug-likeness (QED) is 0.881. The minimum absolute atomic E-state index is 0.0455. The van der Waals surface area contributed by atoms with E-state index in [0.717, 1.165) is 41.3 Å². The van der Waals surface area contributed by atoms with E-state index in [-0.39, 0.29) is 6.61 Å². The predicted molar refractivity (Wildman–Crippen MR) is 116 cm³/mol. The fourth-order valence-electron chi connectivity index (χ4n) is 4.89. The second-order valence-electron chi connectivity index (χ2n) is 8.68. The number of benzene rings is 1. The number of fused-ring (bicyclic) bond motifs is 1. The van der Waals surface area contributed by atoms with Crippen LogP contribution < -0.4 is 4.90 Å². The Balaban J connectivity index is 1.47. The highest BCUT2D eigenvalue weighted by atomic mass is 16.3. The molecule has 1 aromatic carbocycles. The zero-order valence-electron chi connectivity index (χ0n) is 17.6. The topological polar surface area (TPSA) is 42.8 Å². The molecular formula is C23H34N4O. The Morgan fingerprint density at radius 3 is 2.50 bits per heavy atom. The van der Waals surface area contributed by atoms with Crippen LogP contribution in [0.3, 0.4) is 0 Å². The zero-order chi connectivity index (χ0) is 19.7. The summed E-state index contributed by atoms with van der Waals surface area (Å²) < 4.78 is 0. The van der Waals surface area contributed by atoms with Crippen LogP contribution in [0, 0.1) is 12.8 Å². The van der Waals surface area contributed by atoms with Gasteiger partial charge in [-0.25, -0.2) is 4.98 Å². The number of aliphatic hydroxyl groups is 1. The number of aryl methyl sites for hydroxylation is 1. The highest BCUT2D eigenvalue weighted by molar-refractivity contribution is 5.84. The van der Waals surface area contributed by atoms with Gasteiger partial charge >= 0.3 is 0 Å². The Hall–Kier alpha value is -1.69. The highest BCUT2D eigenvalue weighted by Crippen LogP contribution is 2.31. The van der Waals surface area contributed by atoms with Crippen LogP contribution >= 0.6 is 0 Å². The lowest BCUT2D eigenvalue weighted by molar-refractivity contribution is 0.0813. The van der Waals surface area contributed by atoms with Crippen molar-refractivity contribution in [3.63, 3.8) is 0 Å². The Kier molecular flexibility index (Phi) is 5.85. The Labute approximate surface area is 169 Å². The largest absolute Gasteiger partial charge is 0.392 e. The molecule has 5 nitrogen and oxygen atoms in total. The van der Waals surface area contributed by atoms with E-state index in [1.807, 2.05) is 0 Å². The number of hydrogen-bond donors (Lipinski definition) is 1. The summed E-state index contributed by atoms with van der Waals surface area (Å²) in [6, 6.07) is 9.03. The number of likely N-dealkylation sites (N-methyl/N-ethyl adjacent to an activating group) is 1. The third-order valence-corrected chi connectivity index (χ3v) is 6.91. The third-order valence-electron chi connectivity index (χ3n) is 6.91. The number of anilines is 1. The van der Waals surface area contributed by atoms with Gasteiger partial charge in [0.1, 0.15) is 5.82 Å². The van der Waals surface area contributed by atoms with E-state index >= 15 is 0 Å². The van der Waals surface area contributed by atoms with E-state index in [1.165, 1.54) is 44.6 Å². The van der Waals surface area contributed by atoms with Gasteiger partial charge in [-0.2, -0.15) is 0 Å². The number of piperazine rings is 1. The number of rotatable bonds is 4. The van der Waals surface area contributed by atoms with Crippen molar-refractivity contribution in [1.29, 1.82) is 0 Å². The van der Waals surface area contributed by atoms with Gasteiger partial charge in [0.25, 0.3) is 0 Å². The molecular weight excluding hydrogens is 348 g/mol. The molecule has 152 valence electrons. The van der Waals surface area contributed by atoms with Crippen LogP contribution in [0.25, 0.3) is 10.9 Å². The monoisotopic (exact) mass is 382 g/mol. The first-order valence-corrected chi connectivity index (χ1v) is 10.7. The maximum absolute atomic E-state index is 9.93. The summed E-state index contributed by atoms with van der Waals surface area (Å²) in [5.74, 6) is 1.73. The van der Waals surface area contributed by atoms with E-state index in [2.05, 4.69) is 59.9 Å². The molecule has 3 heterocycles. The summed E-state index contributed by atoms with van der Waals surface area (Å²) in [6.45, 7) is 11.4. The van der Waals surface area contributed by atoms with Crippen molar-refractivity contribution >= 4 is 16.7 Å². The van der Waals surface area contributed by atoms with Crippen LogP contribution in [0.2, 0.25) is 0 Å². The number of hydrogen-bond acceptors (Lipinski definition) is 5. The minimum atomic E-state index is 0.0455. The molecule has 1 aromatic heterocycles. The second-order valence-corrected chi connectivity index (χ2v) is 8.68. The van der Waals surface area contributed by atoms with Gasteiger partial charge in [0, 0.05) is 56.3 Å². The van der Waals surface area contributed by atoms with Crippen molar-refractivity contribution in [2.24, 2.45) is 5.92 Å². The van der Waals surface area contributed by atoms with Crippen molar-refractivity contribution < 1.29 is 5.11 Å². The molecule has 2 aliphatic rings. The van der Waals surface area contributed by atoms with Gasteiger partial charge in [-0.15, -0.1) is 0 Å². The van der Waals surface area contributed by atoms with E-state index in [1.54, 1.807) is 0 Å². The zero-order valence-corrected chi connectivity index (χ0v) is 17.6. The highest BCUT2D eigenvalue weighted by Gasteiger charge is 2.30. The number of nitrogens with zero attached hydrogens (tertiary/aromatic N) is 4. The van der Waals surface area contributed by atoms with Crippen LogP contribution in [-0.2, 0) is 6.61 Å². The molecule has 1 unspecified atom stereocenters. The summed E-state index contributed by atoms with van der Waals surface area (Å²) in [4.78, 5) is 12.5. The minimum Gasteiger partial charge on any atom is -0.392 e. The molecule has 1 atom stereocenters. The Morgan fingerprint density at radius 1 is 1.11 bits per heavy atom. The van der Waals surface area contributed by atoms with Gasteiger partial charge in [-0.05, 0) is 51.3 Å². The van der Waals surface area contributed by atoms with Gasteiger partial charge in [-0.3, -0.25) is 4.90 Å². The number of pyridine rings is 1. The van der Waals surface area contributed by atoms with Crippen LogP contribution in [0.1, 0.15) is 30.9 Å². The molecule has 28 heavy (non-hydrogen) atoms. The average molecular weight is 383 g/mol. The molecule has 2 aliphatic heterocycles. The average Bonchev–Trinajstić information content (AvgIpc) is 2.73. The van der Waals surface area contributed by atoms with Crippen LogP contribution in [0.4, 0.5) is 5.82 Å². The standard InChI is InChI=1S/C23H34N4O/c1-17-5-4-6-20-15-21(16-28)23(24-22(17)20)27-9-7-19(8-10-27)18(2)26-13-11-25(3)12-14-26/h4-6,15,18-19,28H,7-14,16H2,1-3H3. The SMILES string of the molecule is Cc1cccc2cc(CO)c(N3CCC(C(C)N4CCN(C)CC4)CC3)nc12. The fourth-order valence-corrected chi connectivity index (χ4v) is 4.89. The number of para-hydroxylation sites is 1. The number of aliphatic hydroxyl groups excluding tert-OH is 1. The number of aromatic nitrogens is 1. The van der Waals surface area contributed by atoms with Gasteiger partial charge in [0.2, 0.25) is 0 Å². The Morgan fingerprint density at radius 2 is 1.82 bits per heavy atom. The van der Waals surface area contributed by atoms with Crippen molar-refractivity contribution in [1.82, 2.24) is 14.8 Å². The van der Waals surface area contributed by atoms with Gasteiger partial charge in [-0.1, -0.05) is 18.2 Å². The molecule has 0 saturated carbocycles. The fraction of sp³-hybridized carbons (Fsp3) is 0.609. The molecule has 0 bridgehead atoms. The maximum atomic E-state index is 9.93. The molecule has 2 fully saturated rings. The first-order valence-electron chi connectivity index (χ1n) is 10.7. The molecule has 0 aliphatic carbocycles. The number of piperidine rings is 1. The summed E-state index contributed by atoms with van der Waals surface area (Å²) >= 11 is 0. The summed E-state index contributed by atoms with van der Waals surface area (Å²) in [5.41, 5.74) is 3.20. The lowest BCUT2D eigenvalue weighted by Gasteiger charge is -2.43. The van der Waals surface area contributed by atoms with E-state index in [9.17, 15) is 5.11 Å². The normalized spacial score (nSPS) is 21.4. The first kappa shape index (κ1) is 19.6. The lowest BCUT2D eigenvalue weighted by Crippen LogP contribution is -2.51. The van der Waals surface area contributed by atoms with E-state index in [0.29, 0.717) is 6.04 Å². The van der Waals surface area contributed by atoms with Crippen LogP contribution in [-0.4, -0.2) is 72.2 Å². The van der Waals surface area contributed by atoms with Crippen molar-refractivity contribution in [3.8, 4) is 0 Å². The lowest BCUT2D eigenvalue weighted by atomic mass is 9.89. The molecule has 2 aromatic rings. The molecule has 0 radical (unpaired) electrons. The van der Waals surface area contributed by atoms with Crippen molar-refractivity contribution in [2.45, 2.75) is 39.3 Å². The van der Waals surface area contributed by atoms with Gasteiger partial charge < -0.3 is 14.9 Å². The molecule has 2 saturated heterocycles. The van der Waals surface area contributed by atoms with E-state index < -0.39 is 0 Å². The molecule has 1 N–H and O–H groups in total. The van der Waals surface area contributed by atoms with Gasteiger partial charge in [0.05, 0.1) is 12.1 Å². The first-order chi connectivity index (χ1) is 13.6. The van der Waals surface area contributed by atoms with Crippen LogP contribution in [0.15, 0.2) is 24.3 Å². The molecule has 0 spiro atoms. The summed E-state index contributed by atoms with van der Waals surface area (Å²) in [7, 11) is 2.22. The molecule has 4 rings (SSSR count).